The number of anilines is 3. The van der Waals surface area contributed by atoms with E-state index in [0.29, 0.717) is 0 Å². The maximum Gasteiger partial charge on any atom is 0.159 e. The topological polar surface area (TPSA) is 16.4 Å². The average molecular weight is 612 g/mol. The minimum absolute atomic E-state index is 0.871. The van der Waals surface area contributed by atoms with Crippen molar-refractivity contribution in [3.63, 3.8) is 0 Å². The third kappa shape index (κ3) is 4.13. The van der Waals surface area contributed by atoms with Crippen molar-refractivity contribution >= 4 is 82.1 Å². The molecule has 0 N–H and O–H groups in total. The summed E-state index contributed by atoms with van der Waals surface area (Å²) in [5, 5.41) is 12.0. The van der Waals surface area contributed by atoms with E-state index in [-0.39, 0.29) is 0 Å². The second kappa shape index (κ2) is 10.6. The smallest absolute Gasteiger partial charge is 0.159 e. The number of para-hydroxylation sites is 1. The summed E-state index contributed by atoms with van der Waals surface area (Å²) >= 11 is 0. The number of hydrogen-bond donors (Lipinski definition) is 0. The molecule has 0 amide bonds. The van der Waals surface area contributed by atoms with Crippen LogP contribution in [0, 0.1) is 0 Å². The zero-order chi connectivity index (χ0) is 31.6. The molecule has 2 heteroatoms. The summed E-state index contributed by atoms with van der Waals surface area (Å²) in [6.45, 7) is 0. The summed E-state index contributed by atoms with van der Waals surface area (Å²) in [5.41, 5.74) is 7.29. The minimum atomic E-state index is 0.871. The fourth-order valence-corrected chi connectivity index (χ4v) is 7.55. The maximum atomic E-state index is 6.85. The number of benzene rings is 9. The molecule has 0 aliphatic heterocycles. The van der Waals surface area contributed by atoms with E-state index < -0.39 is 0 Å². The normalized spacial score (nSPS) is 11.8. The molecule has 1 aromatic heterocycles. The first-order chi connectivity index (χ1) is 23.8. The lowest BCUT2D eigenvalue weighted by Crippen LogP contribution is -2.11. The van der Waals surface area contributed by atoms with Crippen molar-refractivity contribution in [3.05, 3.63) is 176 Å². The van der Waals surface area contributed by atoms with Crippen molar-refractivity contribution in [2.24, 2.45) is 0 Å². The van der Waals surface area contributed by atoms with Crippen LogP contribution in [0.25, 0.3) is 76.2 Å². The van der Waals surface area contributed by atoms with Gasteiger partial charge in [-0.3, -0.25) is 0 Å². The van der Waals surface area contributed by atoms with Gasteiger partial charge >= 0.3 is 0 Å². The highest BCUT2D eigenvalue weighted by molar-refractivity contribution is 6.24. The lowest BCUT2D eigenvalue weighted by Gasteiger charge is -2.28. The highest BCUT2D eigenvalue weighted by Gasteiger charge is 2.23. The van der Waals surface area contributed by atoms with E-state index in [1.165, 1.54) is 48.7 Å². The summed E-state index contributed by atoms with van der Waals surface area (Å²) in [4.78, 5) is 2.40. The first kappa shape index (κ1) is 26.8. The molecule has 0 bridgehead atoms. The first-order valence-corrected chi connectivity index (χ1v) is 16.4. The van der Waals surface area contributed by atoms with Gasteiger partial charge in [0, 0.05) is 21.8 Å². The van der Waals surface area contributed by atoms with Gasteiger partial charge in [-0.2, -0.15) is 0 Å². The van der Waals surface area contributed by atoms with Crippen LogP contribution in [0.4, 0.5) is 17.1 Å². The highest BCUT2D eigenvalue weighted by atomic mass is 16.3. The third-order valence-corrected chi connectivity index (χ3v) is 9.76. The molecule has 10 aromatic rings. The van der Waals surface area contributed by atoms with Crippen molar-refractivity contribution in [3.8, 4) is 11.1 Å². The molecule has 0 aliphatic carbocycles. The van der Waals surface area contributed by atoms with Crippen molar-refractivity contribution in [1.82, 2.24) is 0 Å². The van der Waals surface area contributed by atoms with Gasteiger partial charge in [-0.15, -0.1) is 0 Å². The number of nitrogens with zero attached hydrogens (tertiary/aromatic N) is 1. The molecule has 0 saturated carbocycles. The summed E-state index contributed by atoms with van der Waals surface area (Å²) in [6.07, 6.45) is 0. The van der Waals surface area contributed by atoms with E-state index >= 15 is 0 Å². The Labute approximate surface area is 277 Å². The Morgan fingerprint density at radius 2 is 1.00 bits per heavy atom. The summed E-state index contributed by atoms with van der Waals surface area (Å²) in [7, 11) is 0. The van der Waals surface area contributed by atoms with Gasteiger partial charge in [0.1, 0.15) is 5.58 Å². The Bertz CT molecular complexity index is 2850. The Hall–Kier alpha value is -6.38. The summed E-state index contributed by atoms with van der Waals surface area (Å²) in [6, 6.07) is 63.3. The molecule has 1 heterocycles. The molecule has 10 rings (SSSR count). The molecule has 0 fully saturated rings. The van der Waals surface area contributed by atoms with E-state index in [9.17, 15) is 0 Å². The monoisotopic (exact) mass is 611 g/mol. The third-order valence-electron chi connectivity index (χ3n) is 9.76. The van der Waals surface area contributed by atoms with Gasteiger partial charge in [-0.25, -0.2) is 0 Å². The SMILES string of the molecule is c1ccc(-c2cccc(N(c3cc4ccc5ccccc5c4c4ccccc34)c3cccc4c3oc3cc5ccccc5cc34)c2)cc1. The van der Waals surface area contributed by atoms with Crippen LogP contribution >= 0.6 is 0 Å². The second-order valence-electron chi connectivity index (χ2n) is 12.5. The molecule has 224 valence electrons. The van der Waals surface area contributed by atoms with Gasteiger partial charge in [0.25, 0.3) is 0 Å². The van der Waals surface area contributed by atoms with E-state index in [4.69, 9.17) is 4.42 Å². The largest absolute Gasteiger partial charge is 0.454 e. The fourth-order valence-electron chi connectivity index (χ4n) is 7.55. The van der Waals surface area contributed by atoms with Crippen molar-refractivity contribution in [2.45, 2.75) is 0 Å². The Kier molecular flexibility index (Phi) is 5.91. The predicted octanol–water partition coefficient (Wildman–Crippen LogP) is 13.3. The number of fused-ring (bicyclic) bond motifs is 9. The van der Waals surface area contributed by atoms with Gasteiger partial charge in [-0.1, -0.05) is 140 Å². The standard InChI is InChI=1S/C46H29NO/c1-2-12-30(13-3-1)32-17-10-18-36(26-32)47(42-23-11-22-40-41-27-33-15-4-5-16-34(33)29-44(41)48-46(40)42)43-28-35-25-24-31-14-6-7-19-37(31)45(35)39-21-9-8-20-38(39)43/h1-29H. The Balaban J connectivity index is 1.31. The van der Waals surface area contributed by atoms with Gasteiger partial charge in [0.15, 0.2) is 5.58 Å². The molecule has 0 saturated heterocycles. The molecule has 0 atom stereocenters. The van der Waals surface area contributed by atoms with E-state index in [2.05, 4.69) is 181 Å². The fraction of sp³-hybridized carbons (Fsp3) is 0. The van der Waals surface area contributed by atoms with Crippen LogP contribution in [0.15, 0.2) is 180 Å². The first-order valence-electron chi connectivity index (χ1n) is 16.4. The van der Waals surface area contributed by atoms with Crippen LogP contribution in [-0.4, -0.2) is 0 Å². The van der Waals surface area contributed by atoms with Crippen LogP contribution in [0.5, 0.6) is 0 Å². The molecule has 0 unspecified atom stereocenters. The molecule has 2 nitrogen and oxygen atoms in total. The van der Waals surface area contributed by atoms with Crippen molar-refractivity contribution in [2.75, 3.05) is 4.90 Å². The lowest BCUT2D eigenvalue weighted by atomic mass is 9.94. The van der Waals surface area contributed by atoms with Gasteiger partial charge in [-0.05, 0) is 85.2 Å². The van der Waals surface area contributed by atoms with Crippen LogP contribution in [-0.2, 0) is 0 Å². The average Bonchev–Trinajstić information content (AvgIpc) is 3.52. The van der Waals surface area contributed by atoms with Crippen molar-refractivity contribution in [1.29, 1.82) is 0 Å². The Morgan fingerprint density at radius 3 is 1.85 bits per heavy atom. The molecule has 9 aromatic carbocycles. The van der Waals surface area contributed by atoms with Crippen molar-refractivity contribution < 1.29 is 4.42 Å². The number of rotatable bonds is 4. The van der Waals surface area contributed by atoms with Crippen LogP contribution in [0.3, 0.4) is 0 Å². The molecular weight excluding hydrogens is 583 g/mol. The van der Waals surface area contributed by atoms with E-state index in [1.807, 2.05) is 0 Å². The zero-order valence-corrected chi connectivity index (χ0v) is 26.1. The highest BCUT2D eigenvalue weighted by Crippen LogP contribution is 2.47. The molecule has 0 radical (unpaired) electrons. The summed E-state index contributed by atoms with van der Waals surface area (Å²) in [5.74, 6) is 0. The zero-order valence-electron chi connectivity index (χ0n) is 26.1. The predicted molar refractivity (Wildman–Crippen MR) is 204 cm³/mol. The van der Waals surface area contributed by atoms with E-state index in [1.54, 1.807) is 0 Å². The number of hydrogen-bond acceptors (Lipinski definition) is 2. The van der Waals surface area contributed by atoms with Crippen LogP contribution < -0.4 is 4.90 Å². The second-order valence-corrected chi connectivity index (χ2v) is 12.5. The minimum Gasteiger partial charge on any atom is -0.454 e. The number of furan rings is 1. The molecule has 48 heavy (non-hydrogen) atoms. The van der Waals surface area contributed by atoms with Crippen LogP contribution in [0.2, 0.25) is 0 Å². The molecule has 0 aliphatic rings. The molecule has 0 spiro atoms. The maximum absolute atomic E-state index is 6.85. The van der Waals surface area contributed by atoms with Gasteiger partial charge < -0.3 is 9.32 Å². The lowest BCUT2D eigenvalue weighted by molar-refractivity contribution is 0.669. The van der Waals surface area contributed by atoms with Gasteiger partial charge in [0.2, 0.25) is 0 Å². The van der Waals surface area contributed by atoms with Crippen LogP contribution in [0.1, 0.15) is 0 Å². The Morgan fingerprint density at radius 1 is 0.354 bits per heavy atom. The molecular formula is C46H29NO. The van der Waals surface area contributed by atoms with Gasteiger partial charge in [0.05, 0.1) is 11.4 Å². The van der Waals surface area contributed by atoms with E-state index in [0.717, 1.165) is 44.6 Å². The quantitative estimate of drug-likeness (QED) is 0.184. The summed E-state index contributed by atoms with van der Waals surface area (Å²) < 4.78 is 6.85.